The minimum atomic E-state index is 0.370. The van der Waals surface area contributed by atoms with Crippen LogP contribution in [0.1, 0.15) is 20.3 Å². The first-order valence-corrected chi connectivity index (χ1v) is 7.74. The summed E-state index contributed by atoms with van der Waals surface area (Å²) in [7, 11) is 0. The van der Waals surface area contributed by atoms with Gasteiger partial charge in [-0.3, -0.25) is 0 Å². The maximum Gasteiger partial charge on any atom is 0.0458 e. The number of para-hydroxylation sites is 2. The second-order valence-electron chi connectivity index (χ2n) is 5.89. The SMILES string of the molecule is CC1=C(N)C(C)CC(N(c2ccccc2)c2ccccc2)=C1. The van der Waals surface area contributed by atoms with Gasteiger partial charge in [0.2, 0.25) is 0 Å². The van der Waals surface area contributed by atoms with Gasteiger partial charge in [0.25, 0.3) is 0 Å². The van der Waals surface area contributed by atoms with Gasteiger partial charge in [-0.1, -0.05) is 43.3 Å². The molecule has 2 aromatic rings. The Labute approximate surface area is 132 Å². The van der Waals surface area contributed by atoms with Crippen molar-refractivity contribution in [2.24, 2.45) is 11.7 Å². The number of nitrogens with zero attached hydrogens (tertiary/aromatic N) is 1. The molecule has 1 atom stereocenters. The average Bonchev–Trinajstić information content (AvgIpc) is 2.55. The van der Waals surface area contributed by atoms with Crippen LogP contribution in [-0.4, -0.2) is 0 Å². The summed E-state index contributed by atoms with van der Waals surface area (Å²) >= 11 is 0. The minimum absolute atomic E-state index is 0.370. The molecular weight excluding hydrogens is 268 g/mol. The highest BCUT2D eigenvalue weighted by Crippen LogP contribution is 2.36. The fourth-order valence-corrected chi connectivity index (χ4v) is 3.00. The van der Waals surface area contributed by atoms with Crippen molar-refractivity contribution in [3.63, 3.8) is 0 Å². The Morgan fingerprint density at radius 2 is 1.41 bits per heavy atom. The van der Waals surface area contributed by atoms with E-state index in [1.807, 2.05) is 12.1 Å². The average molecular weight is 290 g/mol. The molecule has 0 radical (unpaired) electrons. The summed E-state index contributed by atoms with van der Waals surface area (Å²) in [5, 5.41) is 0. The van der Waals surface area contributed by atoms with E-state index < -0.39 is 0 Å². The molecule has 0 saturated carbocycles. The molecule has 0 amide bonds. The Kier molecular flexibility index (Phi) is 4.01. The van der Waals surface area contributed by atoms with Gasteiger partial charge in [0, 0.05) is 28.7 Å². The molecule has 22 heavy (non-hydrogen) atoms. The van der Waals surface area contributed by atoms with Crippen LogP contribution < -0.4 is 10.6 Å². The monoisotopic (exact) mass is 290 g/mol. The van der Waals surface area contributed by atoms with Gasteiger partial charge in [-0.2, -0.15) is 0 Å². The van der Waals surface area contributed by atoms with Gasteiger partial charge in [-0.15, -0.1) is 0 Å². The first kappa shape index (κ1) is 14.5. The smallest absolute Gasteiger partial charge is 0.0458 e. The third-order valence-electron chi connectivity index (χ3n) is 4.20. The fourth-order valence-electron chi connectivity index (χ4n) is 3.00. The maximum atomic E-state index is 6.18. The summed E-state index contributed by atoms with van der Waals surface area (Å²) in [4.78, 5) is 2.33. The summed E-state index contributed by atoms with van der Waals surface area (Å²) < 4.78 is 0. The number of anilines is 2. The predicted octanol–water partition coefficient (Wildman–Crippen LogP) is 4.98. The predicted molar refractivity (Wildman–Crippen MR) is 93.8 cm³/mol. The largest absolute Gasteiger partial charge is 0.402 e. The Morgan fingerprint density at radius 3 is 1.86 bits per heavy atom. The van der Waals surface area contributed by atoms with Gasteiger partial charge in [0.15, 0.2) is 0 Å². The molecule has 0 spiro atoms. The number of nitrogens with two attached hydrogens (primary N) is 1. The number of hydrogen-bond donors (Lipinski definition) is 1. The molecule has 1 unspecified atom stereocenters. The van der Waals surface area contributed by atoms with Crippen molar-refractivity contribution in [2.45, 2.75) is 20.3 Å². The van der Waals surface area contributed by atoms with E-state index in [4.69, 9.17) is 5.73 Å². The molecule has 2 aromatic carbocycles. The summed E-state index contributed by atoms with van der Waals surface area (Å²) in [5.74, 6) is 0.370. The van der Waals surface area contributed by atoms with Crippen LogP contribution in [0.15, 0.2) is 83.7 Å². The van der Waals surface area contributed by atoms with Crippen molar-refractivity contribution in [1.29, 1.82) is 0 Å². The van der Waals surface area contributed by atoms with Crippen LogP contribution >= 0.6 is 0 Å². The highest BCUT2D eigenvalue weighted by molar-refractivity contribution is 5.69. The number of allylic oxidation sites excluding steroid dienone is 4. The second-order valence-corrected chi connectivity index (χ2v) is 5.89. The molecule has 2 N–H and O–H groups in total. The molecule has 112 valence electrons. The van der Waals surface area contributed by atoms with E-state index in [0.29, 0.717) is 5.92 Å². The van der Waals surface area contributed by atoms with Crippen molar-refractivity contribution in [1.82, 2.24) is 0 Å². The normalized spacial score (nSPS) is 18.1. The topological polar surface area (TPSA) is 29.3 Å². The first-order chi connectivity index (χ1) is 10.7. The lowest BCUT2D eigenvalue weighted by atomic mass is 9.91. The molecule has 0 aliphatic heterocycles. The molecule has 0 fully saturated rings. The van der Waals surface area contributed by atoms with E-state index >= 15 is 0 Å². The number of hydrogen-bond acceptors (Lipinski definition) is 2. The zero-order chi connectivity index (χ0) is 15.5. The molecule has 0 bridgehead atoms. The quantitative estimate of drug-likeness (QED) is 0.863. The standard InChI is InChI=1S/C20H22N2/c1-15-13-19(14-16(2)20(15)21)22(17-9-5-3-6-10-17)18-11-7-4-8-12-18/h3-13,16H,14,21H2,1-2H3. The van der Waals surface area contributed by atoms with E-state index in [2.05, 4.69) is 73.4 Å². The molecule has 0 heterocycles. The highest BCUT2D eigenvalue weighted by atomic mass is 15.1. The van der Waals surface area contributed by atoms with E-state index in [1.54, 1.807) is 0 Å². The van der Waals surface area contributed by atoms with E-state index in [0.717, 1.165) is 12.1 Å². The van der Waals surface area contributed by atoms with Crippen LogP contribution in [0.25, 0.3) is 0 Å². The van der Waals surface area contributed by atoms with Crippen molar-refractivity contribution in [2.75, 3.05) is 4.90 Å². The summed E-state index contributed by atoms with van der Waals surface area (Å²) in [6.45, 7) is 4.29. The van der Waals surface area contributed by atoms with Crippen LogP contribution in [0.2, 0.25) is 0 Å². The zero-order valence-electron chi connectivity index (χ0n) is 13.2. The van der Waals surface area contributed by atoms with Crippen LogP contribution in [0.4, 0.5) is 11.4 Å². The van der Waals surface area contributed by atoms with Gasteiger partial charge in [0.1, 0.15) is 0 Å². The van der Waals surface area contributed by atoms with Crippen LogP contribution in [0, 0.1) is 5.92 Å². The molecule has 0 saturated heterocycles. The highest BCUT2D eigenvalue weighted by Gasteiger charge is 2.22. The lowest BCUT2D eigenvalue weighted by Gasteiger charge is -2.32. The van der Waals surface area contributed by atoms with Gasteiger partial charge in [-0.05, 0) is 49.3 Å². The van der Waals surface area contributed by atoms with Gasteiger partial charge < -0.3 is 10.6 Å². The van der Waals surface area contributed by atoms with Gasteiger partial charge in [-0.25, -0.2) is 0 Å². The molecule has 2 nitrogen and oxygen atoms in total. The lowest BCUT2D eigenvalue weighted by molar-refractivity contribution is 0.637. The number of benzene rings is 2. The Bertz CT molecular complexity index is 660. The van der Waals surface area contributed by atoms with Crippen LogP contribution in [0.3, 0.4) is 0 Å². The lowest BCUT2D eigenvalue weighted by Crippen LogP contribution is -2.24. The minimum Gasteiger partial charge on any atom is -0.402 e. The molecule has 0 aromatic heterocycles. The zero-order valence-corrected chi connectivity index (χ0v) is 13.2. The second kappa shape index (κ2) is 6.10. The van der Waals surface area contributed by atoms with Gasteiger partial charge in [0.05, 0.1) is 0 Å². The summed E-state index contributed by atoms with van der Waals surface area (Å²) in [6.07, 6.45) is 3.17. The Morgan fingerprint density at radius 1 is 0.909 bits per heavy atom. The van der Waals surface area contributed by atoms with Crippen LogP contribution in [-0.2, 0) is 0 Å². The van der Waals surface area contributed by atoms with Crippen LogP contribution in [0.5, 0.6) is 0 Å². The molecule has 3 rings (SSSR count). The fraction of sp³-hybridized carbons (Fsp3) is 0.200. The van der Waals surface area contributed by atoms with Crippen molar-refractivity contribution in [3.8, 4) is 0 Å². The van der Waals surface area contributed by atoms with Crippen molar-refractivity contribution < 1.29 is 0 Å². The van der Waals surface area contributed by atoms with Gasteiger partial charge >= 0.3 is 0 Å². The molecule has 2 heteroatoms. The Balaban J connectivity index is 2.10. The Hall–Kier alpha value is -2.48. The van der Waals surface area contributed by atoms with Crippen molar-refractivity contribution >= 4 is 11.4 Å². The third-order valence-corrected chi connectivity index (χ3v) is 4.20. The first-order valence-electron chi connectivity index (χ1n) is 7.74. The number of rotatable bonds is 3. The van der Waals surface area contributed by atoms with E-state index in [9.17, 15) is 0 Å². The summed E-state index contributed by atoms with van der Waals surface area (Å²) in [6, 6.07) is 21.0. The molecule has 1 aliphatic carbocycles. The molecular formula is C20H22N2. The molecule has 1 aliphatic rings. The van der Waals surface area contributed by atoms with E-state index in [1.165, 1.54) is 22.6 Å². The van der Waals surface area contributed by atoms with Crippen molar-refractivity contribution in [3.05, 3.63) is 83.7 Å². The van der Waals surface area contributed by atoms with E-state index in [-0.39, 0.29) is 0 Å². The third kappa shape index (κ3) is 2.77. The maximum absolute atomic E-state index is 6.18. The summed E-state index contributed by atoms with van der Waals surface area (Å²) in [5.41, 5.74) is 12.0.